The van der Waals surface area contributed by atoms with Gasteiger partial charge in [-0.15, -0.1) is 0 Å². The first kappa shape index (κ1) is 14.6. The van der Waals surface area contributed by atoms with Gasteiger partial charge in [0.1, 0.15) is 23.9 Å². The van der Waals surface area contributed by atoms with E-state index in [1.54, 1.807) is 18.2 Å². The van der Waals surface area contributed by atoms with Gasteiger partial charge < -0.3 is 14.2 Å². The van der Waals surface area contributed by atoms with Crippen LogP contribution in [-0.2, 0) is 18.0 Å². The van der Waals surface area contributed by atoms with Crippen molar-refractivity contribution in [1.82, 2.24) is 0 Å². The standard InChI is InChI=1S/C15H11BrClFO3/c16-13-5-11(17)1-2-14(13)20-7-10-4-12(18)3-9-6-19-8-21-15(9)10/h1-5H,6-8H2. The summed E-state index contributed by atoms with van der Waals surface area (Å²) in [6.45, 7) is 0.696. The van der Waals surface area contributed by atoms with E-state index in [2.05, 4.69) is 15.9 Å². The van der Waals surface area contributed by atoms with Crippen molar-refractivity contribution in [1.29, 1.82) is 0 Å². The van der Waals surface area contributed by atoms with Crippen molar-refractivity contribution in [3.8, 4) is 11.5 Å². The molecule has 3 rings (SSSR count). The fourth-order valence-electron chi connectivity index (χ4n) is 2.11. The van der Waals surface area contributed by atoms with Gasteiger partial charge in [-0.25, -0.2) is 4.39 Å². The van der Waals surface area contributed by atoms with E-state index in [1.165, 1.54) is 12.1 Å². The molecule has 0 unspecified atom stereocenters. The first-order valence-electron chi connectivity index (χ1n) is 6.23. The molecule has 0 N–H and O–H groups in total. The van der Waals surface area contributed by atoms with E-state index in [0.717, 1.165) is 4.47 Å². The Morgan fingerprint density at radius 3 is 2.95 bits per heavy atom. The molecule has 0 saturated carbocycles. The molecule has 0 atom stereocenters. The largest absolute Gasteiger partial charge is 0.488 e. The van der Waals surface area contributed by atoms with E-state index in [4.69, 9.17) is 25.8 Å². The molecular formula is C15H11BrClFO3. The Hall–Kier alpha value is -1.30. The lowest BCUT2D eigenvalue weighted by Crippen LogP contribution is -2.14. The zero-order chi connectivity index (χ0) is 14.8. The van der Waals surface area contributed by atoms with Gasteiger partial charge in [0.05, 0.1) is 11.1 Å². The van der Waals surface area contributed by atoms with Gasteiger partial charge in [0.2, 0.25) is 0 Å². The summed E-state index contributed by atoms with van der Waals surface area (Å²) in [4.78, 5) is 0. The van der Waals surface area contributed by atoms with Crippen molar-refractivity contribution in [2.75, 3.05) is 6.79 Å². The molecule has 1 aliphatic rings. The minimum Gasteiger partial charge on any atom is -0.488 e. The van der Waals surface area contributed by atoms with Crippen molar-refractivity contribution >= 4 is 27.5 Å². The highest BCUT2D eigenvalue weighted by Crippen LogP contribution is 2.32. The number of ether oxygens (including phenoxy) is 3. The molecule has 0 radical (unpaired) electrons. The third-order valence-electron chi connectivity index (χ3n) is 3.03. The molecule has 2 aromatic carbocycles. The van der Waals surface area contributed by atoms with Crippen molar-refractivity contribution in [3.63, 3.8) is 0 Å². The molecule has 21 heavy (non-hydrogen) atoms. The van der Waals surface area contributed by atoms with Crippen molar-refractivity contribution < 1.29 is 18.6 Å². The molecular weight excluding hydrogens is 363 g/mol. The smallest absolute Gasteiger partial charge is 0.189 e. The first-order chi connectivity index (χ1) is 10.1. The van der Waals surface area contributed by atoms with Crippen LogP contribution in [0.15, 0.2) is 34.8 Å². The Balaban J connectivity index is 1.83. The lowest BCUT2D eigenvalue weighted by molar-refractivity contribution is -0.0178. The second kappa shape index (κ2) is 6.22. The van der Waals surface area contributed by atoms with Gasteiger partial charge in [0.25, 0.3) is 0 Å². The van der Waals surface area contributed by atoms with Gasteiger partial charge in [-0.2, -0.15) is 0 Å². The van der Waals surface area contributed by atoms with Crippen LogP contribution in [0.1, 0.15) is 11.1 Å². The molecule has 1 heterocycles. The minimum absolute atomic E-state index is 0.163. The highest BCUT2D eigenvalue weighted by molar-refractivity contribution is 9.10. The number of rotatable bonds is 3. The molecule has 0 saturated heterocycles. The highest BCUT2D eigenvalue weighted by atomic mass is 79.9. The fraction of sp³-hybridized carbons (Fsp3) is 0.200. The number of hydrogen-bond acceptors (Lipinski definition) is 3. The zero-order valence-electron chi connectivity index (χ0n) is 10.9. The van der Waals surface area contributed by atoms with Crippen LogP contribution in [0.5, 0.6) is 11.5 Å². The molecule has 0 amide bonds. The normalized spacial score (nSPS) is 13.5. The topological polar surface area (TPSA) is 27.7 Å². The molecule has 6 heteroatoms. The third-order valence-corrected chi connectivity index (χ3v) is 3.88. The molecule has 0 aliphatic carbocycles. The van der Waals surface area contributed by atoms with Gasteiger partial charge in [0.15, 0.2) is 6.79 Å². The molecule has 110 valence electrons. The fourth-order valence-corrected chi connectivity index (χ4v) is 2.91. The molecule has 0 bridgehead atoms. The predicted octanol–water partition coefficient (Wildman–Crippen LogP) is 4.69. The molecule has 0 spiro atoms. The Morgan fingerprint density at radius 1 is 1.29 bits per heavy atom. The molecule has 1 aliphatic heterocycles. The van der Waals surface area contributed by atoms with Crippen LogP contribution in [0.2, 0.25) is 5.02 Å². The van der Waals surface area contributed by atoms with Crippen molar-refractivity contribution in [2.45, 2.75) is 13.2 Å². The van der Waals surface area contributed by atoms with E-state index in [9.17, 15) is 4.39 Å². The summed E-state index contributed by atoms with van der Waals surface area (Å²) in [5, 5.41) is 0.609. The predicted molar refractivity (Wildman–Crippen MR) is 80.2 cm³/mol. The van der Waals surface area contributed by atoms with Crippen LogP contribution in [0.3, 0.4) is 0 Å². The quantitative estimate of drug-likeness (QED) is 0.781. The van der Waals surface area contributed by atoms with E-state index >= 15 is 0 Å². The van der Waals surface area contributed by atoms with Gasteiger partial charge in [0, 0.05) is 16.1 Å². The van der Waals surface area contributed by atoms with E-state index in [-0.39, 0.29) is 19.2 Å². The Labute approximate surface area is 134 Å². The van der Waals surface area contributed by atoms with Gasteiger partial charge in [-0.05, 0) is 46.3 Å². The summed E-state index contributed by atoms with van der Waals surface area (Å²) < 4.78 is 30.7. The average Bonchev–Trinajstić information content (AvgIpc) is 2.46. The van der Waals surface area contributed by atoms with Crippen LogP contribution < -0.4 is 9.47 Å². The van der Waals surface area contributed by atoms with E-state index in [0.29, 0.717) is 34.3 Å². The van der Waals surface area contributed by atoms with Crippen LogP contribution in [0.25, 0.3) is 0 Å². The maximum Gasteiger partial charge on any atom is 0.189 e. The van der Waals surface area contributed by atoms with Gasteiger partial charge in [-0.3, -0.25) is 0 Å². The maximum absolute atomic E-state index is 13.6. The number of hydrogen-bond donors (Lipinski definition) is 0. The van der Waals surface area contributed by atoms with Gasteiger partial charge in [-0.1, -0.05) is 11.6 Å². The summed E-state index contributed by atoms with van der Waals surface area (Å²) in [6.07, 6.45) is 0. The first-order valence-corrected chi connectivity index (χ1v) is 7.40. The highest BCUT2D eigenvalue weighted by Gasteiger charge is 2.17. The van der Waals surface area contributed by atoms with Gasteiger partial charge >= 0.3 is 0 Å². The summed E-state index contributed by atoms with van der Waals surface area (Å²) in [7, 11) is 0. The molecule has 2 aromatic rings. The third kappa shape index (κ3) is 3.31. The monoisotopic (exact) mass is 372 g/mol. The lowest BCUT2D eigenvalue weighted by atomic mass is 10.1. The van der Waals surface area contributed by atoms with Crippen LogP contribution in [-0.4, -0.2) is 6.79 Å². The SMILES string of the molecule is Fc1cc2c(c(COc3ccc(Cl)cc3Br)c1)OCOC2. The zero-order valence-corrected chi connectivity index (χ0v) is 13.2. The van der Waals surface area contributed by atoms with E-state index < -0.39 is 0 Å². The van der Waals surface area contributed by atoms with Crippen molar-refractivity contribution in [3.05, 3.63) is 56.8 Å². The van der Waals surface area contributed by atoms with Crippen molar-refractivity contribution in [2.24, 2.45) is 0 Å². The Kier molecular flexibility index (Phi) is 4.33. The number of fused-ring (bicyclic) bond motifs is 1. The second-order valence-corrected chi connectivity index (χ2v) is 5.82. The van der Waals surface area contributed by atoms with Crippen LogP contribution in [0.4, 0.5) is 4.39 Å². The van der Waals surface area contributed by atoms with Crippen LogP contribution in [0, 0.1) is 5.82 Å². The minimum atomic E-state index is -0.336. The summed E-state index contributed by atoms with van der Waals surface area (Å²) in [5.74, 6) is 0.925. The summed E-state index contributed by atoms with van der Waals surface area (Å²) >= 11 is 9.26. The summed E-state index contributed by atoms with van der Waals surface area (Å²) in [5.41, 5.74) is 1.34. The molecule has 0 aromatic heterocycles. The average molecular weight is 374 g/mol. The number of halogens is 3. The molecule has 0 fully saturated rings. The lowest BCUT2D eigenvalue weighted by Gasteiger charge is -2.21. The maximum atomic E-state index is 13.6. The second-order valence-electron chi connectivity index (χ2n) is 4.53. The van der Waals surface area contributed by atoms with E-state index in [1.807, 2.05) is 0 Å². The van der Waals surface area contributed by atoms with Crippen LogP contribution >= 0.6 is 27.5 Å². The molecule has 3 nitrogen and oxygen atoms in total. The summed E-state index contributed by atoms with van der Waals surface area (Å²) in [6, 6.07) is 8.04. The number of benzene rings is 2. The Bertz CT molecular complexity index is 678. The Morgan fingerprint density at radius 2 is 2.14 bits per heavy atom.